The lowest BCUT2D eigenvalue weighted by Crippen LogP contribution is -2.30. The highest BCUT2D eigenvalue weighted by Crippen LogP contribution is 2.40. The number of aryl methyl sites for hydroxylation is 1. The molecule has 0 spiro atoms. The van der Waals surface area contributed by atoms with Crippen LogP contribution in [-0.2, 0) is 12.5 Å². The van der Waals surface area contributed by atoms with E-state index >= 15 is 0 Å². The quantitative estimate of drug-likeness (QED) is 0.917. The number of likely N-dealkylation sites (tertiary alicyclic amines) is 1. The Kier molecular flexibility index (Phi) is 4.55. The van der Waals surface area contributed by atoms with E-state index in [2.05, 4.69) is 51.2 Å². The summed E-state index contributed by atoms with van der Waals surface area (Å²) in [5.41, 5.74) is 2.79. The Morgan fingerprint density at radius 3 is 2.65 bits per heavy atom. The van der Waals surface area contributed by atoms with E-state index < -0.39 is 0 Å². The molecule has 0 bridgehead atoms. The van der Waals surface area contributed by atoms with E-state index in [0.29, 0.717) is 12.0 Å². The third-order valence-corrected chi connectivity index (χ3v) is 4.39. The summed E-state index contributed by atoms with van der Waals surface area (Å²) in [6.07, 6.45) is 3.51. The van der Waals surface area contributed by atoms with E-state index in [-0.39, 0.29) is 5.41 Å². The highest BCUT2D eigenvalue weighted by atomic mass is 15.3. The van der Waals surface area contributed by atoms with Crippen molar-refractivity contribution in [2.75, 3.05) is 26.7 Å². The molecule has 1 fully saturated rings. The van der Waals surface area contributed by atoms with Gasteiger partial charge in [-0.25, -0.2) is 0 Å². The van der Waals surface area contributed by atoms with Crippen LogP contribution in [0, 0.1) is 5.92 Å². The van der Waals surface area contributed by atoms with E-state index in [1.165, 1.54) is 24.2 Å². The highest BCUT2D eigenvalue weighted by molar-refractivity contribution is 5.29. The average molecular weight is 278 g/mol. The molecule has 2 rings (SSSR count). The lowest BCUT2D eigenvalue weighted by atomic mass is 9.84. The van der Waals surface area contributed by atoms with Crippen molar-refractivity contribution in [3.8, 4) is 0 Å². The highest BCUT2D eigenvalue weighted by Gasteiger charge is 2.38. The number of hydrogen-bond acceptors (Lipinski definition) is 3. The van der Waals surface area contributed by atoms with Crippen LogP contribution in [0.2, 0.25) is 0 Å². The number of hydrogen-bond donors (Lipinski definition) is 1. The molecule has 2 unspecified atom stereocenters. The molecular formula is C16H30N4. The molecule has 2 heterocycles. The number of aromatic nitrogens is 2. The maximum Gasteiger partial charge on any atom is 0.0725 e. The summed E-state index contributed by atoms with van der Waals surface area (Å²) in [5.74, 6) is 0.685. The maximum absolute atomic E-state index is 4.76. The molecule has 114 valence electrons. The first kappa shape index (κ1) is 15.5. The van der Waals surface area contributed by atoms with Gasteiger partial charge < -0.3 is 5.32 Å². The summed E-state index contributed by atoms with van der Waals surface area (Å²) < 4.78 is 1.98. The van der Waals surface area contributed by atoms with Crippen molar-refractivity contribution in [1.82, 2.24) is 20.0 Å². The summed E-state index contributed by atoms with van der Waals surface area (Å²) >= 11 is 0. The first-order chi connectivity index (χ1) is 9.38. The molecule has 1 saturated heterocycles. The lowest BCUT2D eigenvalue weighted by molar-refractivity contribution is 0.235. The fourth-order valence-corrected chi connectivity index (χ4v) is 3.51. The Balaban J connectivity index is 2.41. The summed E-state index contributed by atoms with van der Waals surface area (Å²) in [4.78, 5) is 2.61. The maximum atomic E-state index is 4.76. The SMILES string of the molecule is CCN1CCC(CNC)C1c1cn(C)nc1C(C)(C)C. The molecule has 1 aromatic rings. The second kappa shape index (κ2) is 5.86. The van der Waals surface area contributed by atoms with Crippen molar-refractivity contribution in [2.45, 2.75) is 45.6 Å². The third kappa shape index (κ3) is 2.91. The smallest absolute Gasteiger partial charge is 0.0725 e. The monoisotopic (exact) mass is 278 g/mol. The van der Waals surface area contributed by atoms with Crippen molar-refractivity contribution < 1.29 is 0 Å². The minimum atomic E-state index is 0.1000. The van der Waals surface area contributed by atoms with Gasteiger partial charge in [-0.3, -0.25) is 9.58 Å². The van der Waals surface area contributed by atoms with Crippen molar-refractivity contribution in [3.63, 3.8) is 0 Å². The van der Waals surface area contributed by atoms with Crippen LogP contribution < -0.4 is 5.32 Å². The second-order valence-electron chi connectivity index (χ2n) is 7.04. The predicted octanol–water partition coefficient (Wildman–Crippen LogP) is 2.32. The molecule has 2 atom stereocenters. The van der Waals surface area contributed by atoms with Crippen LogP contribution in [-0.4, -0.2) is 41.4 Å². The molecule has 0 saturated carbocycles. The molecule has 4 heteroatoms. The molecule has 0 radical (unpaired) electrons. The predicted molar refractivity (Wildman–Crippen MR) is 83.9 cm³/mol. The Morgan fingerprint density at radius 1 is 1.40 bits per heavy atom. The number of nitrogens with one attached hydrogen (secondary N) is 1. The first-order valence-electron chi connectivity index (χ1n) is 7.81. The normalized spacial score (nSPS) is 24.5. The molecule has 1 N–H and O–H groups in total. The number of rotatable bonds is 4. The van der Waals surface area contributed by atoms with Crippen molar-refractivity contribution in [1.29, 1.82) is 0 Å². The molecule has 1 aliphatic rings. The fourth-order valence-electron chi connectivity index (χ4n) is 3.51. The first-order valence-corrected chi connectivity index (χ1v) is 7.81. The van der Waals surface area contributed by atoms with E-state index in [1.54, 1.807) is 0 Å². The summed E-state index contributed by atoms with van der Waals surface area (Å²) in [6, 6.07) is 0.510. The van der Waals surface area contributed by atoms with Gasteiger partial charge in [0.25, 0.3) is 0 Å². The minimum absolute atomic E-state index is 0.1000. The summed E-state index contributed by atoms with van der Waals surface area (Å²) in [5, 5.41) is 8.12. The van der Waals surface area contributed by atoms with E-state index in [0.717, 1.165) is 13.1 Å². The molecule has 20 heavy (non-hydrogen) atoms. The van der Waals surface area contributed by atoms with Crippen LogP contribution in [0.3, 0.4) is 0 Å². The molecule has 0 aliphatic carbocycles. The van der Waals surface area contributed by atoms with Gasteiger partial charge >= 0.3 is 0 Å². The lowest BCUT2D eigenvalue weighted by Gasteiger charge is -2.29. The Bertz CT molecular complexity index is 444. The van der Waals surface area contributed by atoms with Gasteiger partial charge in [-0.2, -0.15) is 5.10 Å². The van der Waals surface area contributed by atoms with Gasteiger partial charge in [-0.1, -0.05) is 27.7 Å². The van der Waals surface area contributed by atoms with Crippen LogP contribution in [0.25, 0.3) is 0 Å². The van der Waals surface area contributed by atoms with Gasteiger partial charge in [0.2, 0.25) is 0 Å². The van der Waals surface area contributed by atoms with Crippen LogP contribution in [0.4, 0.5) is 0 Å². The van der Waals surface area contributed by atoms with Gasteiger partial charge in [0.1, 0.15) is 0 Å². The number of nitrogens with zero attached hydrogens (tertiary/aromatic N) is 3. The van der Waals surface area contributed by atoms with E-state index in [9.17, 15) is 0 Å². The van der Waals surface area contributed by atoms with Crippen molar-refractivity contribution in [3.05, 3.63) is 17.5 Å². The van der Waals surface area contributed by atoms with Crippen molar-refractivity contribution in [2.24, 2.45) is 13.0 Å². The van der Waals surface area contributed by atoms with Gasteiger partial charge in [0, 0.05) is 30.3 Å². The zero-order valence-electron chi connectivity index (χ0n) is 13.9. The van der Waals surface area contributed by atoms with Crippen molar-refractivity contribution >= 4 is 0 Å². The van der Waals surface area contributed by atoms with Gasteiger partial charge in [-0.05, 0) is 39.0 Å². The standard InChI is InChI=1S/C16H30N4/c1-7-20-9-8-12(10-17-5)14(20)13-11-19(6)18-15(13)16(2,3)4/h11-12,14,17H,7-10H2,1-6H3. The average Bonchev–Trinajstić information content (AvgIpc) is 2.92. The minimum Gasteiger partial charge on any atom is -0.319 e. The topological polar surface area (TPSA) is 33.1 Å². The van der Waals surface area contributed by atoms with Crippen LogP contribution in [0.15, 0.2) is 6.20 Å². The van der Waals surface area contributed by atoms with E-state index in [4.69, 9.17) is 5.10 Å². The van der Waals surface area contributed by atoms with Crippen LogP contribution in [0.1, 0.15) is 51.4 Å². The summed E-state index contributed by atoms with van der Waals surface area (Å²) in [6.45, 7) is 12.4. The van der Waals surface area contributed by atoms with Gasteiger partial charge in [0.05, 0.1) is 5.69 Å². The molecule has 4 nitrogen and oxygen atoms in total. The van der Waals surface area contributed by atoms with Crippen LogP contribution >= 0.6 is 0 Å². The fraction of sp³-hybridized carbons (Fsp3) is 0.812. The zero-order valence-corrected chi connectivity index (χ0v) is 13.9. The molecule has 0 aromatic carbocycles. The Labute approximate surface area is 123 Å². The van der Waals surface area contributed by atoms with Gasteiger partial charge in [0.15, 0.2) is 0 Å². The molecular weight excluding hydrogens is 248 g/mol. The molecule has 1 aromatic heterocycles. The zero-order chi connectivity index (χ0) is 14.9. The van der Waals surface area contributed by atoms with Gasteiger partial charge in [-0.15, -0.1) is 0 Å². The van der Waals surface area contributed by atoms with E-state index in [1.807, 2.05) is 11.7 Å². The second-order valence-corrected chi connectivity index (χ2v) is 7.04. The Hall–Kier alpha value is -0.870. The van der Waals surface area contributed by atoms with Crippen LogP contribution in [0.5, 0.6) is 0 Å². The third-order valence-electron chi connectivity index (χ3n) is 4.39. The molecule has 1 aliphatic heterocycles. The Morgan fingerprint density at radius 2 is 2.10 bits per heavy atom. The summed E-state index contributed by atoms with van der Waals surface area (Å²) in [7, 11) is 4.09. The largest absolute Gasteiger partial charge is 0.319 e. The molecule has 0 amide bonds.